The first-order chi connectivity index (χ1) is 10.8. The molecule has 0 aliphatic rings. The van der Waals surface area contributed by atoms with E-state index in [0.717, 1.165) is 5.56 Å². The lowest BCUT2D eigenvalue weighted by atomic mass is 10.1. The van der Waals surface area contributed by atoms with Crippen LogP contribution in [0.4, 0.5) is 10.5 Å². The van der Waals surface area contributed by atoms with Gasteiger partial charge in [-0.25, -0.2) is 4.79 Å². The van der Waals surface area contributed by atoms with Crippen LogP contribution in [-0.4, -0.2) is 11.0 Å². The molecule has 2 heterocycles. The van der Waals surface area contributed by atoms with Gasteiger partial charge in [0.15, 0.2) is 0 Å². The van der Waals surface area contributed by atoms with Gasteiger partial charge in [0.05, 0.1) is 6.26 Å². The summed E-state index contributed by atoms with van der Waals surface area (Å²) in [6.07, 6.45) is 4.83. The zero-order valence-corrected chi connectivity index (χ0v) is 11.8. The predicted molar refractivity (Wildman–Crippen MR) is 83.4 cm³/mol. The Hall–Kier alpha value is -3.08. The SMILES string of the molecule is O=C(Nc1ccncc1)N[C@H](c1ccccc1)c1ccco1. The van der Waals surface area contributed by atoms with Crippen molar-refractivity contribution in [2.45, 2.75) is 6.04 Å². The number of urea groups is 1. The first kappa shape index (κ1) is 13.9. The fourth-order valence-corrected chi connectivity index (χ4v) is 2.15. The van der Waals surface area contributed by atoms with Gasteiger partial charge in [-0.1, -0.05) is 30.3 Å². The average Bonchev–Trinajstić information content (AvgIpc) is 3.08. The standard InChI is InChI=1S/C17H15N3O2/c21-17(19-14-8-10-18-11-9-14)20-16(15-7-4-12-22-15)13-5-2-1-3-6-13/h1-12,16H,(H2,18,19,20,21)/t16-/m1/s1. The van der Waals surface area contributed by atoms with Crippen molar-refractivity contribution >= 4 is 11.7 Å². The second-order valence-corrected chi connectivity index (χ2v) is 4.69. The second-order valence-electron chi connectivity index (χ2n) is 4.69. The second kappa shape index (κ2) is 6.58. The Morgan fingerprint density at radius 1 is 1.00 bits per heavy atom. The van der Waals surface area contributed by atoms with Crippen LogP contribution in [-0.2, 0) is 0 Å². The van der Waals surface area contributed by atoms with Gasteiger partial charge in [-0.3, -0.25) is 4.98 Å². The van der Waals surface area contributed by atoms with E-state index < -0.39 is 0 Å². The van der Waals surface area contributed by atoms with Gasteiger partial charge in [0.2, 0.25) is 0 Å². The molecule has 1 aromatic carbocycles. The van der Waals surface area contributed by atoms with E-state index in [9.17, 15) is 4.79 Å². The van der Waals surface area contributed by atoms with Crippen molar-refractivity contribution in [2.24, 2.45) is 0 Å². The molecular formula is C17H15N3O2. The third kappa shape index (κ3) is 3.32. The molecule has 0 fully saturated rings. The van der Waals surface area contributed by atoms with Crippen LogP contribution < -0.4 is 10.6 Å². The molecule has 0 aliphatic heterocycles. The number of hydrogen-bond donors (Lipinski definition) is 2. The number of amides is 2. The lowest BCUT2D eigenvalue weighted by Crippen LogP contribution is -2.33. The minimum absolute atomic E-state index is 0.309. The van der Waals surface area contributed by atoms with E-state index in [1.807, 2.05) is 36.4 Å². The number of rotatable bonds is 4. The summed E-state index contributed by atoms with van der Waals surface area (Å²) in [5, 5.41) is 5.69. The molecule has 3 rings (SSSR count). The van der Waals surface area contributed by atoms with E-state index in [-0.39, 0.29) is 12.1 Å². The Balaban J connectivity index is 1.77. The Morgan fingerprint density at radius 2 is 1.77 bits per heavy atom. The minimum atomic E-state index is -0.349. The highest BCUT2D eigenvalue weighted by Gasteiger charge is 2.19. The molecule has 5 nitrogen and oxygen atoms in total. The largest absolute Gasteiger partial charge is 0.467 e. The number of nitrogens with zero attached hydrogens (tertiary/aromatic N) is 1. The van der Waals surface area contributed by atoms with Gasteiger partial charge in [0, 0.05) is 18.1 Å². The van der Waals surface area contributed by atoms with Crippen LogP contribution >= 0.6 is 0 Å². The van der Waals surface area contributed by atoms with Crippen LogP contribution in [0.25, 0.3) is 0 Å². The van der Waals surface area contributed by atoms with E-state index in [0.29, 0.717) is 11.4 Å². The molecule has 22 heavy (non-hydrogen) atoms. The van der Waals surface area contributed by atoms with Crippen LogP contribution in [0.2, 0.25) is 0 Å². The lowest BCUT2D eigenvalue weighted by Gasteiger charge is -2.17. The Morgan fingerprint density at radius 3 is 2.45 bits per heavy atom. The molecule has 0 unspecified atom stereocenters. The highest BCUT2D eigenvalue weighted by molar-refractivity contribution is 5.89. The number of aromatic nitrogens is 1. The first-order valence-corrected chi connectivity index (χ1v) is 6.89. The monoisotopic (exact) mass is 293 g/mol. The third-order valence-corrected chi connectivity index (χ3v) is 3.17. The molecule has 0 aliphatic carbocycles. The van der Waals surface area contributed by atoms with Gasteiger partial charge in [-0.05, 0) is 29.8 Å². The maximum absolute atomic E-state index is 12.2. The number of carbonyl (C=O) groups is 1. The molecule has 0 bridgehead atoms. The summed E-state index contributed by atoms with van der Waals surface area (Å²) in [7, 11) is 0. The van der Waals surface area contributed by atoms with E-state index >= 15 is 0 Å². The van der Waals surface area contributed by atoms with Crippen LogP contribution in [0.3, 0.4) is 0 Å². The molecule has 2 aromatic heterocycles. The first-order valence-electron chi connectivity index (χ1n) is 6.89. The number of nitrogens with one attached hydrogen (secondary N) is 2. The number of furan rings is 1. The molecule has 1 atom stereocenters. The molecule has 0 saturated heterocycles. The summed E-state index contributed by atoms with van der Waals surface area (Å²) in [6.45, 7) is 0. The smallest absolute Gasteiger partial charge is 0.320 e. The van der Waals surface area contributed by atoms with Crippen molar-refractivity contribution in [3.63, 3.8) is 0 Å². The molecule has 5 heteroatoms. The molecule has 0 radical (unpaired) electrons. The van der Waals surface area contributed by atoms with Crippen molar-refractivity contribution in [3.05, 3.63) is 84.6 Å². The topological polar surface area (TPSA) is 67.2 Å². The maximum atomic E-state index is 12.2. The highest BCUT2D eigenvalue weighted by atomic mass is 16.3. The third-order valence-electron chi connectivity index (χ3n) is 3.17. The summed E-state index contributed by atoms with van der Waals surface area (Å²) >= 11 is 0. The number of pyridine rings is 1. The van der Waals surface area contributed by atoms with Crippen LogP contribution in [0.1, 0.15) is 17.4 Å². The minimum Gasteiger partial charge on any atom is -0.467 e. The normalized spacial score (nSPS) is 11.6. The van der Waals surface area contributed by atoms with Gasteiger partial charge in [0.25, 0.3) is 0 Å². The molecule has 0 spiro atoms. The molecule has 110 valence electrons. The van der Waals surface area contributed by atoms with Crippen LogP contribution in [0.5, 0.6) is 0 Å². The quantitative estimate of drug-likeness (QED) is 0.772. The van der Waals surface area contributed by atoms with Gasteiger partial charge in [0.1, 0.15) is 11.8 Å². The van der Waals surface area contributed by atoms with Crippen molar-refractivity contribution < 1.29 is 9.21 Å². The molecule has 2 amide bonds. The zero-order valence-electron chi connectivity index (χ0n) is 11.8. The van der Waals surface area contributed by atoms with Crippen molar-refractivity contribution in [1.82, 2.24) is 10.3 Å². The molecule has 3 aromatic rings. The number of anilines is 1. The van der Waals surface area contributed by atoms with Gasteiger partial charge >= 0.3 is 6.03 Å². The Labute approximate surface area is 128 Å². The number of hydrogen-bond acceptors (Lipinski definition) is 3. The summed E-state index contributed by atoms with van der Waals surface area (Å²) < 4.78 is 5.45. The summed E-state index contributed by atoms with van der Waals surface area (Å²) in [4.78, 5) is 16.1. The van der Waals surface area contributed by atoms with E-state index in [2.05, 4.69) is 15.6 Å². The van der Waals surface area contributed by atoms with Crippen molar-refractivity contribution in [1.29, 1.82) is 0 Å². The fourth-order valence-electron chi connectivity index (χ4n) is 2.15. The Kier molecular flexibility index (Phi) is 4.15. The van der Waals surface area contributed by atoms with Gasteiger partial charge in [-0.2, -0.15) is 0 Å². The van der Waals surface area contributed by atoms with Crippen LogP contribution in [0, 0.1) is 0 Å². The number of benzene rings is 1. The molecular weight excluding hydrogens is 278 g/mol. The van der Waals surface area contributed by atoms with Crippen molar-refractivity contribution in [3.8, 4) is 0 Å². The average molecular weight is 293 g/mol. The lowest BCUT2D eigenvalue weighted by molar-refractivity contribution is 0.248. The Bertz CT molecular complexity index is 712. The van der Waals surface area contributed by atoms with Crippen LogP contribution in [0.15, 0.2) is 77.7 Å². The van der Waals surface area contributed by atoms with Gasteiger partial charge in [-0.15, -0.1) is 0 Å². The fraction of sp³-hybridized carbons (Fsp3) is 0.0588. The zero-order chi connectivity index (χ0) is 15.2. The van der Waals surface area contributed by atoms with E-state index in [1.54, 1.807) is 36.9 Å². The maximum Gasteiger partial charge on any atom is 0.320 e. The molecule has 0 saturated carbocycles. The summed E-state index contributed by atoms with van der Waals surface area (Å²) in [6, 6.07) is 16.1. The summed E-state index contributed by atoms with van der Waals surface area (Å²) in [5.74, 6) is 0.677. The number of carbonyl (C=O) groups excluding carboxylic acids is 1. The summed E-state index contributed by atoms with van der Waals surface area (Å²) in [5.41, 5.74) is 1.63. The van der Waals surface area contributed by atoms with E-state index in [4.69, 9.17) is 4.42 Å². The molecule has 2 N–H and O–H groups in total. The van der Waals surface area contributed by atoms with Crippen molar-refractivity contribution in [2.75, 3.05) is 5.32 Å². The van der Waals surface area contributed by atoms with E-state index in [1.165, 1.54) is 0 Å². The highest BCUT2D eigenvalue weighted by Crippen LogP contribution is 2.22. The predicted octanol–water partition coefficient (Wildman–Crippen LogP) is 3.59. The van der Waals surface area contributed by atoms with Gasteiger partial charge < -0.3 is 15.1 Å².